The van der Waals surface area contributed by atoms with Gasteiger partial charge in [-0.3, -0.25) is 9.78 Å². The molecule has 0 saturated carbocycles. The van der Waals surface area contributed by atoms with Crippen molar-refractivity contribution in [1.82, 2.24) is 4.98 Å². The summed E-state index contributed by atoms with van der Waals surface area (Å²) in [6.07, 6.45) is 2.15. The third-order valence-corrected chi connectivity index (χ3v) is 3.19. The van der Waals surface area contributed by atoms with Gasteiger partial charge >= 0.3 is 5.97 Å². The Balaban J connectivity index is 2.48. The lowest BCUT2D eigenvalue weighted by atomic mass is 9.88. The molecular formula is C15H23NO3. The summed E-state index contributed by atoms with van der Waals surface area (Å²) in [6.45, 7) is 8.00. The Labute approximate surface area is 114 Å². The van der Waals surface area contributed by atoms with Gasteiger partial charge < -0.3 is 9.84 Å². The average molecular weight is 265 g/mol. The maximum atomic E-state index is 11.0. The van der Waals surface area contributed by atoms with E-state index in [1.807, 2.05) is 26.0 Å². The molecular weight excluding hydrogens is 242 g/mol. The van der Waals surface area contributed by atoms with Crippen LogP contribution in [0.4, 0.5) is 0 Å². The molecule has 0 unspecified atom stereocenters. The normalized spacial score (nSPS) is 11.4. The number of carbonyl (C=O) groups is 1. The van der Waals surface area contributed by atoms with E-state index in [4.69, 9.17) is 9.84 Å². The Bertz CT molecular complexity index is 441. The Morgan fingerprint density at radius 2 is 2.11 bits per heavy atom. The van der Waals surface area contributed by atoms with Crippen LogP contribution in [0.3, 0.4) is 0 Å². The van der Waals surface area contributed by atoms with Gasteiger partial charge in [-0.25, -0.2) is 0 Å². The maximum Gasteiger partial charge on any atom is 0.309 e. The van der Waals surface area contributed by atoms with E-state index in [0.717, 1.165) is 30.0 Å². The first kappa shape index (κ1) is 15.5. The zero-order chi connectivity index (χ0) is 14.5. The van der Waals surface area contributed by atoms with E-state index < -0.39 is 11.4 Å². The van der Waals surface area contributed by atoms with Gasteiger partial charge in [-0.2, -0.15) is 0 Å². The molecule has 0 saturated heterocycles. The first-order valence-corrected chi connectivity index (χ1v) is 6.69. The van der Waals surface area contributed by atoms with Crippen molar-refractivity contribution in [3.05, 3.63) is 23.5 Å². The van der Waals surface area contributed by atoms with Crippen molar-refractivity contribution in [3.8, 4) is 5.75 Å². The van der Waals surface area contributed by atoms with Gasteiger partial charge in [0.15, 0.2) is 0 Å². The zero-order valence-electron chi connectivity index (χ0n) is 12.2. The number of aromatic nitrogens is 1. The quantitative estimate of drug-likeness (QED) is 0.769. The number of aryl methyl sites for hydroxylation is 2. The molecule has 0 aliphatic rings. The molecule has 0 fully saturated rings. The molecule has 0 bridgehead atoms. The van der Waals surface area contributed by atoms with Gasteiger partial charge in [0.25, 0.3) is 0 Å². The summed E-state index contributed by atoms with van der Waals surface area (Å²) < 4.78 is 5.70. The fraction of sp³-hybridized carbons (Fsp3) is 0.600. The van der Waals surface area contributed by atoms with Gasteiger partial charge in [-0.05, 0) is 52.2 Å². The van der Waals surface area contributed by atoms with Crippen molar-refractivity contribution in [2.75, 3.05) is 6.61 Å². The standard InChI is InChI=1S/C15H23NO3/c1-5-12-13(8-7-11(2)16-12)19-10-6-9-15(3,4)14(17)18/h7-8H,5-6,9-10H2,1-4H3,(H,17,18). The molecule has 0 aliphatic carbocycles. The number of aliphatic carboxylic acids is 1. The van der Waals surface area contributed by atoms with Gasteiger partial charge in [-0.1, -0.05) is 6.92 Å². The fourth-order valence-corrected chi connectivity index (χ4v) is 1.79. The van der Waals surface area contributed by atoms with E-state index in [2.05, 4.69) is 4.98 Å². The van der Waals surface area contributed by atoms with Crippen LogP contribution in [0.5, 0.6) is 5.75 Å². The Morgan fingerprint density at radius 3 is 2.68 bits per heavy atom. The number of carboxylic acids is 1. The van der Waals surface area contributed by atoms with Crippen LogP contribution in [-0.2, 0) is 11.2 Å². The van der Waals surface area contributed by atoms with Gasteiger partial charge in [0.05, 0.1) is 17.7 Å². The van der Waals surface area contributed by atoms with Crippen molar-refractivity contribution in [3.63, 3.8) is 0 Å². The number of carboxylic acid groups (broad SMARTS) is 1. The second-order valence-electron chi connectivity index (χ2n) is 5.39. The second-order valence-corrected chi connectivity index (χ2v) is 5.39. The summed E-state index contributed by atoms with van der Waals surface area (Å²) in [6, 6.07) is 3.86. The second kappa shape index (κ2) is 6.55. The molecule has 0 radical (unpaired) electrons. The zero-order valence-corrected chi connectivity index (χ0v) is 12.2. The molecule has 1 rings (SSSR count). The number of ether oxygens (including phenoxy) is 1. The molecule has 1 aromatic heterocycles. The molecule has 4 heteroatoms. The van der Waals surface area contributed by atoms with Crippen molar-refractivity contribution in [2.45, 2.75) is 47.0 Å². The number of pyridine rings is 1. The van der Waals surface area contributed by atoms with Crippen LogP contribution in [0.25, 0.3) is 0 Å². The Hall–Kier alpha value is -1.58. The predicted molar refractivity (Wildman–Crippen MR) is 74.5 cm³/mol. The van der Waals surface area contributed by atoms with Crippen LogP contribution in [0.15, 0.2) is 12.1 Å². The third-order valence-electron chi connectivity index (χ3n) is 3.19. The van der Waals surface area contributed by atoms with Crippen molar-refractivity contribution in [1.29, 1.82) is 0 Å². The molecule has 1 N–H and O–H groups in total. The van der Waals surface area contributed by atoms with Crippen LogP contribution in [0.1, 0.15) is 45.0 Å². The summed E-state index contributed by atoms with van der Waals surface area (Å²) in [7, 11) is 0. The highest BCUT2D eigenvalue weighted by molar-refractivity contribution is 5.73. The molecule has 1 aromatic rings. The first-order valence-electron chi connectivity index (χ1n) is 6.69. The molecule has 106 valence electrons. The van der Waals surface area contributed by atoms with Gasteiger partial charge in [-0.15, -0.1) is 0 Å². The molecule has 19 heavy (non-hydrogen) atoms. The smallest absolute Gasteiger partial charge is 0.309 e. The predicted octanol–water partition coefficient (Wildman–Crippen LogP) is 3.22. The SMILES string of the molecule is CCc1nc(C)ccc1OCCCC(C)(C)C(=O)O. The number of hydrogen-bond donors (Lipinski definition) is 1. The molecule has 0 aromatic carbocycles. The molecule has 0 amide bonds. The molecule has 4 nitrogen and oxygen atoms in total. The van der Waals surface area contributed by atoms with Crippen LogP contribution >= 0.6 is 0 Å². The topological polar surface area (TPSA) is 59.4 Å². The summed E-state index contributed by atoms with van der Waals surface area (Å²) in [4.78, 5) is 15.4. The molecule has 0 aliphatic heterocycles. The third kappa shape index (κ3) is 4.54. The highest BCUT2D eigenvalue weighted by Crippen LogP contribution is 2.23. The van der Waals surface area contributed by atoms with E-state index >= 15 is 0 Å². The molecule has 0 atom stereocenters. The number of hydrogen-bond acceptors (Lipinski definition) is 3. The maximum absolute atomic E-state index is 11.0. The minimum Gasteiger partial charge on any atom is -0.492 e. The van der Waals surface area contributed by atoms with E-state index in [0.29, 0.717) is 13.0 Å². The number of nitrogens with zero attached hydrogens (tertiary/aromatic N) is 1. The molecule has 0 spiro atoms. The summed E-state index contributed by atoms with van der Waals surface area (Å²) in [5, 5.41) is 9.02. The van der Waals surface area contributed by atoms with Gasteiger partial charge in [0.1, 0.15) is 5.75 Å². The summed E-state index contributed by atoms with van der Waals surface area (Å²) in [5.74, 6) is 0.0416. The van der Waals surface area contributed by atoms with Crippen LogP contribution in [0.2, 0.25) is 0 Å². The van der Waals surface area contributed by atoms with Gasteiger partial charge in [0, 0.05) is 5.69 Å². The fourth-order valence-electron chi connectivity index (χ4n) is 1.79. The van der Waals surface area contributed by atoms with E-state index in [1.54, 1.807) is 13.8 Å². The summed E-state index contributed by atoms with van der Waals surface area (Å²) >= 11 is 0. The monoisotopic (exact) mass is 265 g/mol. The van der Waals surface area contributed by atoms with E-state index in [9.17, 15) is 4.79 Å². The Kier molecular flexibility index (Phi) is 5.33. The lowest BCUT2D eigenvalue weighted by Gasteiger charge is -2.19. The minimum absolute atomic E-state index is 0.522. The highest BCUT2D eigenvalue weighted by Gasteiger charge is 2.26. The van der Waals surface area contributed by atoms with Crippen LogP contribution in [-0.4, -0.2) is 22.7 Å². The lowest BCUT2D eigenvalue weighted by molar-refractivity contribution is -0.147. The Morgan fingerprint density at radius 1 is 1.42 bits per heavy atom. The largest absolute Gasteiger partial charge is 0.492 e. The minimum atomic E-state index is -0.765. The number of rotatable bonds is 7. The van der Waals surface area contributed by atoms with Crippen molar-refractivity contribution in [2.24, 2.45) is 5.41 Å². The van der Waals surface area contributed by atoms with Crippen molar-refractivity contribution < 1.29 is 14.6 Å². The molecule has 1 heterocycles. The van der Waals surface area contributed by atoms with Gasteiger partial charge in [0.2, 0.25) is 0 Å². The summed E-state index contributed by atoms with van der Waals surface area (Å²) in [5.41, 5.74) is 1.25. The van der Waals surface area contributed by atoms with E-state index in [1.165, 1.54) is 0 Å². The van der Waals surface area contributed by atoms with Crippen molar-refractivity contribution >= 4 is 5.97 Å². The average Bonchev–Trinajstić information content (AvgIpc) is 2.35. The van der Waals surface area contributed by atoms with Crippen LogP contribution in [0, 0.1) is 12.3 Å². The lowest BCUT2D eigenvalue weighted by Crippen LogP contribution is -2.24. The highest BCUT2D eigenvalue weighted by atomic mass is 16.5. The van der Waals surface area contributed by atoms with E-state index in [-0.39, 0.29) is 0 Å². The van der Waals surface area contributed by atoms with Crippen LogP contribution < -0.4 is 4.74 Å². The first-order chi connectivity index (χ1) is 8.86.